The molecule has 1 heterocycles. The number of hydrogen-bond donors (Lipinski definition) is 1. The van der Waals surface area contributed by atoms with Crippen molar-refractivity contribution in [3.05, 3.63) is 16.6 Å². The minimum atomic E-state index is 0.322. The van der Waals surface area contributed by atoms with Crippen LogP contribution < -0.4 is 5.73 Å². The smallest absolute Gasteiger partial charge is 0.0987 e. The third-order valence-corrected chi connectivity index (χ3v) is 3.67. The van der Waals surface area contributed by atoms with Crippen LogP contribution in [0.1, 0.15) is 18.4 Å². The zero-order valence-electron chi connectivity index (χ0n) is 6.58. The Hall–Kier alpha value is -0.410. The summed E-state index contributed by atoms with van der Waals surface area (Å²) in [7, 11) is 0. The minimum absolute atomic E-state index is 0.322. The van der Waals surface area contributed by atoms with Crippen LogP contribution in [-0.2, 0) is 5.41 Å². The van der Waals surface area contributed by atoms with E-state index in [1.54, 1.807) is 11.3 Å². The molecular weight excluding hydrogens is 156 g/mol. The van der Waals surface area contributed by atoms with Crippen molar-refractivity contribution in [3.8, 4) is 0 Å². The number of nitrogens with two attached hydrogens (primary N) is 1. The van der Waals surface area contributed by atoms with E-state index in [9.17, 15) is 0 Å². The molecule has 0 amide bonds. The maximum Gasteiger partial charge on any atom is 0.0987 e. The first-order chi connectivity index (χ1) is 5.27. The lowest BCUT2D eigenvalue weighted by Gasteiger charge is -2.04. The normalized spacial score (nSPS) is 35.6. The second-order valence-electron chi connectivity index (χ2n) is 3.39. The second-order valence-corrected chi connectivity index (χ2v) is 4.29. The lowest BCUT2D eigenvalue weighted by atomic mass is 10.1. The van der Waals surface area contributed by atoms with Crippen molar-refractivity contribution >= 4 is 11.3 Å². The van der Waals surface area contributed by atoms with E-state index in [1.165, 1.54) is 11.4 Å². The van der Waals surface area contributed by atoms with E-state index in [4.69, 9.17) is 5.73 Å². The predicted octanol–water partition coefficient (Wildman–Crippen LogP) is 1.38. The highest BCUT2D eigenvalue weighted by atomic mass is 32.1. The molecule has 1 aliphatic carbocycles. The predicted molar refractivity (Wildman–Crippen MR) is 46.6 cm³/mol. The summed E-state index contributed by atoms with van der Waals surface area (Å²) in [6.07, 6.45) is 3.09. The van der Waals surface area contributed by atoms with Crippen LogP contribution in [0.4, 0.5) is 0 Å². The zero-order chi connectivity index (χ0) is 7.90. The minimum Gasteiger partial charge on any atom is -0.330 e. The molecule has 11 heavy (non-hydrogen) atoms. The summed E-state index contributed by atoms with van der Waals surface area (Å²) in [5, 5.41) is 3.29. The molecular formula is C8H12N2S. The van der Waals surface area contributed by atoms with Crippen LogP contribution in [-0.4, -0.2) is 11.5 Å². The molecule has 0 bridgehead atoms. The summed E-state index contributed by atoms with van der Waals surface area (Å²) in [5.41, 5.74) is 5.91. The van der Waals surface area contributed by atoms with E-state index in [1.807, 2.05) is 11.6 Å². The molecule has 2 N–H and O–H groups in total. The van der Waals surface area contributed by atoms with Crippen molar-refractivity contribution in [2.75, 3.05) is 6.54 Å². The second kappa shape index (κ2) is 2.29. The van der Waals surface area contributed by atoms with Gasteiger partial charge in [0.15, 0.2) is 0 Å². The van der Waals surface area contributed by atoms with Gasteiger partial charge < -0.3 is 5.73 Å². The van der Waals surface area contributed by atoms with Gasteiger partial charge in [-0.2, -0.15) is 0 Å². The fraction of sp³-hybridized carbons (Fsp3) is 0.625. The number of hydrogen-bond acceptors (Lipinski definition) is 3. The van der Waals surface area contributed by atoms with E-state index in [0.29, 0.717) is 11.3 Å². The standard InChI is InChI=1S/C8H12N2S/c1-8(4-6(8)5-9)7-10-2-3-11-7/h2-3,6H,4-5,9H2,1H3. The first-order valence-electron chi connectivity index (χ1n) is 3.87. The molecule has 2 unspecified atom stereocenters. The van der Waals surface area contributed by atoms with Gasteiger partial charge in [0, 0.05) is 17.0 Å². The summed E-state index contributed by atoms with van der Waals surface area (Å²) in [5.74, 6) is 0.675. The fourth-order valence-electron chi connectivity index (χ4n) is 1.56. The van der Waals surface area contributed by atoms with Crippen LogP contribution in [0.25, 0.3) is 0 Å². The van der Waals surface area contributed by atoms with Crippen molar-refractivity contribution in [2.24, 2.45) is 11.7 Å². The van der Waals surface area contributed by atoms with Crippen molar-refractivity contribution in [1.29, 1.82) is 0 Å². The van der Waals surface area contributed by atoms with Crippen LogP contribution in [0.3, 0.4) is 0 Å². The molecule has 1 aliphatic rings. The highest BCUT2D eigenvalue weighted by molar-refractivity contribution is 7.09. The molecule has 60 valence electrons. The van der Waals surface area contributed by atoms with Crippen molar-refractivity contribution in [3.63, 3.8) is 0 Å². The Balaban J connectivity index is 2.19. The van der Waals surface area contributed by atoms with E-state index in [0.717, 1.165) is 6.54 Å². The largest absolute Gasteiger partial charge is 0.330 e. The van der Waals surface area contributed by atoms with Crippen LogP contribution in [0, 0.1) is 5.92 Å². The lowest BCUT2D eigenvalue weighted by Crippen LogP contribution is -2.11. The Morgan fingerprint density at radius 2 is 2.73 bits per heavy atom. The van der Waals surface area contributed by atoms with Gasteiger partial charge in [-0.3, -0.25) is 0 Å². The molecule has 0 spiro atoms. The van der Waals surface area contributed by atoms with Gasteiger partial charge in [-0.15, -0.1) is 11.3 Å². The molecule has 0 aliphatic heterocycles. The van der Waals surface area contributed by atoms with Gasteiger partial charge in [0.25, 0.3) is 0 Å². The third-order valence-electron chi connectivity index (χ3n) is 2.62. The summed E-state index contributed by atoms with van der Waals surface area (Å²) in [6, 6.07) is 0. The topological polar surface area (TPSA) is 38.9 Å². The fourth-order valence-corrected chi connectivity index (χ4v) is 2.46. The van der Waals surface area contributed by atoms with E-state index in [-0.39, 0.29) is 0 Å². The van der Waals surface area contributed by atoms with Crippen LogP contribution in [0.15, 0.2) is 11.6 Å². The molecule has 1 fully saturated rings. The maximum absolute atomic E-state index is 5.59. The van der Waals surface area contributed by atoms with Gasteiger partial charge in [-0.1, -0.05) is 6.92 Å². The molecule has 0 saturated heterocycles. The monoisotopic (exact) mass is 168 g/mol. The highest BCUT2D eigenvalue weighted by Crippen LogP contribution is 2.53. The Bertz CT molecular complexity index is 245. The number of thiazole rings is 1. The highest BCUT2D eigenvalue weighted by Gasteiger charge is 2.51. The van der Waals surface area contributed by atoms with Gasteiger partial charge in [0.05, 0.1) is 5.01 Å². The van der Waals surface area contributed by atoms with E-state index < -0.39 is 0 Å². The third kappa shape index (κ3) is 0.993. The summed E-state index contributed by atoms with van der Waals surface area (Å²) in [6.45, 7) is 3.06. The molecule has 2 rings (SSSR count). The molecule has 2 atom stereocenters. The summed E-state index contributed by atoms with van der Waals surface area (Å²) < 4.78 is 0. The number of nitrogens with zero attached hydrogens (tertiary/aromatic N) is 1. The Morgan fingerprint density at radius 3 is 3.18 bits per heavy atom. The maximum atomic E-state index is 5.59. The zero-order valence-corrected chi connectivity index (χ0v) is 7.40. The van der Waals surface area contributed by atoms with Gasteiger partial charge in [-0.25, -0.2) is 4.98 Å². The SMILES string of the molecule is CC1(c2nccs2)CC1CN. The molecule has 1 saturated carbocycles. The number of rotatable bonds is 2. The first kappa shape index (κ1) is 7.25. The lowest BCUT2D eigenvalue weighted by molar-refractivity contribution is 0.661. The summed E-state index contributed by atoms with van der Waals surface area (Å²) in [4.78, 5) is 4.31. The number of aromatic nitrogens is 1. The summed E-state index contributed by atoms with van der Waals surface area (Å²) >= 11 is 1.74. The Labute approximate surface area is 70.5 Å². The average Bonchev–Trinajstić information content (AvgIpc) is 2.55. The molecule has 0 aromatic carbocycles. The average molecular weight is 168 g/mol. The molecule has 1 aromatic heterocycles. The van der Waals surface area contributed by atoms with Gasteiger partial charge in [-0.05, 0) is 18.9 Å². The Morgan fingerprint density at radius 1 is 1.91 bits per heavy atom. The van der Waals surface area contributed by atoms with Crippen LogP contribution in [0.2, 0.25) is 0 Å². The van der Waals surface area contributed by atoms with Crippen molar-refractivity contribution < 1.29 is 0 Å². The van der Waals surface area contributed by atoms with E-state index in [2.05, 4.69) is 11.9 Å². The van der Waals surface area contributed by atoms with E-state index >= 15 is 0 Å². The first-order valence-corrected chi connectivity index (χ1v) is 4.75. The molecule has 1 aromatic rings. The van der Waals surface area contributed by atoms with Gasteiger partial charge in [0.1, 0.15) is 0 Å². The molecule has 3 heteroatoms. The van der Waals surface area contributed by atoms with Crippen molar-refractivity contribution in [1.82, 2.24) is 4.98 Å². The van der Waals surface area contributed by atoms with Crippen molar-refractivity contribution in [2.45, 2.75) is 18.8 Å². The van der Waals surface area contributed by atoms with Crippen LogP contribution in [0.5, 0.6) is 0 Å². The molecule has 0 radical (unpaired) electrons. The van der Waals surface area contributed by atoms with Gasteiger partial charge in [0.2, 0.25) is 0 Å². The quantitative estimate of drug-likeness (QED) is 0.724. The molecule has 2 nitrogen and oxygen atoms in total. The Kier molecular flexibility index (Phi) is 1.51. The van der Waals surface area contributed by atoms with Crippen LogP contribution >= 0.6 is 11.3 Å². The van der Waals surface area contributed by atoms with Gasteiger partial charge >= 0.3 is 0 Å².